The van der Waals surface area contributed by atoms with Crippen molar-refractivity contribution in [3.8, 4) is 17.2 Å². The number of fused-ring (bicyclic) bond motifs is 1. The van der Waals surface area contributed by atoms with E-state index in [1.54, 1.807) is 24.3 Å². The van der Waals surface area contributed by atoms with E-state index in [0.29, 0.717) is 34.1 Å². The summed E-state index contributed by atoms with van der Waals surface area (Å²) in [5.41, 5.74) is 2.87. The first-order valence-corrected chi connectivity index (χ1v) is 13.9. The maximum Gasteiger partial charge on any atom is 0.270 e. The molecule has 0 saturated heterocycles. The van der Waals surface area contributed by atoms with E-state index in [4.69, 9.17) is 18.7 Å². The first kappa shape index (κ1) is 26.6. The summed E-state index contributed by atoms with van der Waals surface area (Å²) in [5, 5.41) is 15.0. The lowest BCUT2D eigenvalue weighted by atomic mass is 10.1. The van der Waals surface area contributed by atoms with Crippen molar-refractivity contribution in [3.05, 3.63) is 41.6 Å². The van der Waals surface area contributed by atoms with Gasteiger partial charge < -0.3 is 29.0 Å². The Morgan fingerprint density at radius 2 is 1.69 bits per heavy atom. The molecule has 5 rings (SSSR count). The van der Waals surface area contributed by atoms with Gasteiger partial charge in [0.1, 0.15) is 17.2 Å². The van der Waals surface area contributed by atoms with E-state index in [0.717, 1.165) is 24.1 Å². The van der Waals surface area contributed by atoms with E-state index >= 15 is 0 Å². The van der Waals surface area contributed by atoms with E-state index in [2.05, 4.69) is 25.4 Å². The number of aromatic nitrogens is 3. The zero-order chi connectivity index (χ0) is 27.9. The van der Waals surface area contributed by atoms with Crippen LogP contribution in [0.25, 0.3) is 11.0 Å². The number of hydrogen-bond acceptors (Lipinski definition) is 10. The van der Waals surface area contributed by atoms with Crippen LogP contribution in [-0.4, -0.2) is 64.1 Å². The third-order valence-electron chi connectivity index (χ3n) is 6.91. The van der Waals surface area contributed by atoms with Crippen molar-refractivity contribution in [2.75, 3.05) is 45.5 Å². The van der Waals surface area contributed by atoms with Gasteiger partial charge in [0.25, 0.3) is 10.0 Å². The van der Waals surface area contributed by atoms with Gasteiger partial charge in [-0.2, -0.15) is 5.10 Å². The number of ether oxygens (including phenoxy) is 3. The van der Waals surface area contributed by atoms with Crippen LogP contribution in [0, 0.1) is 0 Å². The van der Waals surface area contributed by atoms with Crippen LogP contribution in [0.3, 0.4) is 0 Å². The lowest BCUT2D eigenvalue weighted by Gasteiger charge is -2.23. The maximum absolute atomic E-state index is 13.6. The molecule has 0 radical (unpaired) electrons. The summed E-state index contributed by atoms with van der Waals surface area (Å²) in [6, 6.07) is 8.67. The summed E-state index contributed by atoms with van der Waals surface area (Å²) < 4.78 is 51.8. The van der Waals surface area contributed by atoms with Gasteiger partial charge in [-0.15, -0.1) is 0 Å². The van der Waals surface area contributed by atoms with Gasteiger partial charge in [0.15, 0.2) is 22.1 Å². The molecule has 208 valence electrons. The second-order valence-electron chi connectivity index (χ2n) is 9.69. The highest BCUT2D eigenvalue weighted by atomic mass is 32.2. The average Bonchev–Trinajstić information content (AvgIpc) is 3.56. The average molecular weight is 557 g/mol. The Kier molecular flexibility index (Phi) is 7.03. The highest BCUT2D eigenvalue weighted by molar-refractivity contribution is 7.93. The van der Waals surface area contributed by atoms with Gasteiger partial charge in [-0.1, -0.05) is 5.16 Å². The smallest absolute Gasteiger partial charge is 0.270 e. The molecule has 0 amide bonds. The summed E-state index contributed by atoms with van der Waals surface area (Å²) in [6.07, 6.45) is 2.32. The standard InChI is InChI=1S/C26H32N6O6S/c1-14(32(2)3)16-9-22(36-5)25(23(10-16)37-6)39(33,34)31-26-17-11-21(35-4)19(12-20(17)38-30-26)27-24-13-18(28-29-24)15-7-8-15/h9-15H,7-8H2,1-6H3,(H,30,31)(H2,27,28,29)/t14-/m0/s1. The number of anilines is 3. The second kappa shape index (κ2) is 10.3. The largest absolute Gasteiger partial charge is 0.495 e. The molecule has 4 aromatic rings. The Morgan fingerprint density at radius 3 is 2.28 bits per heavy atom. The molecular formula is C26H32N6O6S. The normalized spacial score (nSPS) is 14.4. The molecule has 2 aromatic heterocycles. The van der Waals surface area contributed by atoms with Crippen molar-refractivity contribution >= 4 is 38.3 Å². The molecule has 3 N–H and O–H groups in total. The second-order valence-corrected chi connectivity index (χ2v) is 11.3. The van der Waals surface area contributed by atoms with Crippen molar-refractivity contribution in [2.45, 2.75) is 36.6 Å². The molecule has 1 fully saturated rings. The summed E-state index contributed by atoms with van der Waals surface area (Å²) in [6.45, 7) is 2.00. The topological polar surface area (TPSA) is 144 Å². The molecular weight excluding hydrogens is 524 g/mol. The van der Waals surface area contributed by atoms with Crippen LogP contribution >= 0.6 is 0 Å². The number of nitrogens with zero attached hydrogens (tertiary/aromatic N) is 3. The Hall–Kier alpha value is -3.97. The number of benzene rings is 2. The van der Waals surface area contributed by atoms with E-state index in [1.165, 1.54) is 21.3 Å². The van der Waals surface area contributed by atoms with Gasteiger partial charge in [0.05, 0.1) is 32.4 Å². The van der Waals surface area contributed by atoms with Crippen molar-refractivity contribution in [1.29, 1.82) is 0 Å². The van der Waals surface area contributed by atoms with E-state index < -0.39 is 10.0 Å². The number of H-pyrrole nitrogens is 1. The molecule has 1 atom stereocenters. The highest BCUT2D eigenvalue weighted by Gasteiger charge is 2.29. The monoisotopic (exact) mass is 556 g/mol. The zero-order valence-corrected chi connectivity index (χ0v) is 23.5. The van der Waals surface area contributed by atoms with E-state index in [9.17, 15) is 8.42 Å². The number of nitrogens with one attached hydrogen (secondary N) is 3. The van der Waals surface area contributed by atoms with Crippen LogP contribution in [0.2, 0.25) is 0 Å². The molecule has 0 spiro atoms. The lowest BCUT2D eigenvalue weighted by Crippen LogP contribution is -2.19. The Balaban J connectivity index is 1.48. The van der Waals surface area contributed by atoms with Gasteiger partial charge in [0, 0.05) is 29.8 Å². The fourth-order valence-electron chi connectivity index (χ4n) is 4.33. The molecule has 12 nitrogen and oxygen atoms in total. The number of hydrogen-bond donors (Lipinski definition) is 3. The van der Waals surface area contributed by atoms with Crippen molar-refractivity contribution < 1.29 is 27.2 Å². The minimum Gasteiger partial charge on any atom is -0.495 e. The Labute approximate surface area is 226 Å². The van der Waals surface area contributed by atoms with E-state index in [-0.39, 0.29) is 28.3 Å². The van der Waals surface area contributed by atoms with Crippen LogP contribution in [0.4, 0.5) is 17.3 Å². The van der Waals surface area contributed by atoms with Gasteiger partial charge in [-0.25, -0.2) is 8.42 Å². The molecule has 1 aliphatic rings. The number of methoxy groups -OCH3 is 3. The third kappa shape index (κ3) is 5.19. The molecule has 1 aliphatic carbocycles. The summed E-state index contributed by atoms with van der Waals surface area (Å²) in [4.78, 5) is 1.85. The quantitative estimate of drug-likeness (QED) is 0.239. The summed E-state index contributed by atoms with van der Waals surface area (Å²) in [5.74, 6) is 1.92. The molecule has 39 heavy (non-hydrogen) atoms. The van der Waals surface area contributed by atoms with Crippen LogP contribution in [-0.2, 0) is 10.0 Å². The third-order valence-corrected chi connectivity index (χ3v) is 8.31. The van der Waals surface area contributed by atoms with Gasteiger partial charge in [-0.05, 0) is 57.6 Å². The van der Waals surface area contributed by atoms with Gasteiger partial charge in [0.2, 0.25) is 0 Å². The maximum atomic E-state index is 13.6. The minimum atomic E-state index is -4.21. The van der Waals surface area contributed by atoms with Crippen LogP contribution < -0.4 is 24.2 Å². The van der Waals surface area contributed by atoms with Gasteiger partial charge in [-0.3, -0.25) is 9.82 Å². The molecule has 2 heterocycles. The number of sulfonamides is 1. The zero-order valence-electron chi connectivity index (χ0n) is 22.7. The van der Waals surface area contributed by atoms with Crippen molar-refractivity contribution in [3.63, 3.8) is 0 Å². The summed E-state index contributed by atoms with van der Waals surface area (Å²) >= 11 is 0. The molecule has 2 aromatic carbocycles. The highest BCUT2D eigenvalue weighted by Crippen LogP contribution is 2.42. The molecule has 0 bridgehead atoms. The molecule has 13 heteroatoms. The lowest BCUT2D eigenvalue weighted by molar-refractivity contribution is 0.316. The molecule has 0 unspecified atom stereocenters. The van der Waals surface area contributed by atoms with Crippen LogP contribution in [0.15, 0.2) is 39.8 Å². The number of aromatic amines is 1. The summed E-state index contributed by atoms with van der Waals surface area (Å²) in [7, 11) is 4.00. The van der Waals surface area contributed by atoms with Crippen molar-refractivity contribution in [1.82, 2.24) is 20.3 Å². The van der Waals surface area contributed by atoms with Crippen molar-refractivity contribution in [2.24, 2.45) is 0 Å². The van der Waals surface area contributed by atoms with Crippen LogP contribution in [0.5, 0.6) is 17.2 Å². The predicted octanol–water partition coefficient (Wildman–Crippen LogP) is 4.62. The molecule has 1 saturated carbocycles. The molecule has 0 aliphatic heterocycles. The first-order valence-electron chi connectivity index (χ1n) is 12.4. The van der Waals surface area contributed by atoms with Crippen LogP contribution in [0.1, 0.15) is 43.0 Å². The fourth-order valence-corrected chi connectivity index (χ4v) is 5.65. The van der Waals surface area contributed by atoms with E-state index in [1.807, 2.05) is 32.0 Å². The minimum absolute atomic E-state index is 0.000446. The Bertz CT molecular complexity index is 1580. The Morgan fingerprint density at radius 1 is 1.03 bits per heavy atom. The first-order chi connectivity index (χ1) is 18.6. The fraction of sp³-hybridized carbons (Fsp3) is 0.385. The SMILES string of the molecule is COc1cc2c(NS(=O)(=O)c3c(OC)cc([C@H](C)N(C)C)cc3OC)noc2cc1Nc1cc(C2CC2)[nH]n1. The number of rotatable bonds is 11. The van der Waals surface area contributed by atoms with Gasteiger partial charge >= 0.3 is 0 Å². The predicted molar refractivity (Wildman–Crippen MR) is 147 cm³/mol.